The lowest BCUT2D eigenvalue weighted by Gasteiger charge is -1.96. The first-order valence-corrected chi connectivity index (χ1v) is 3.30. The summed E-state index contributed by atoms with van der Waals surface area (Å²) in [5.74, 6) is -1.65. The third kappa shape index (κ3) is 1.64. The molecule has 1 rings (SSSR count). The van der Waals surface area contributed by atoms with Crippen molar-refractivity contribution in [2.45, 2.75) is 12.8 Å². The van der Waals surface area contributed by atoms with E-state index in [0.717, 1.165) is 0 Å². The van der Waals surface area contributed by atoms with E-state index in [1.165, 1.54) is 6.92 Å². The molecule has 60 valence electrons. The van der Waals surface area contributed by atoms with Crippen molar-refractivity contribution in [3.63, 3.8) is 0 Å². The number of carboxylic acids is 1. The van der Waals surface area contributed by atoms with Crippen molar-refractivity contribution in [3.05, 3.63) is 10.7 Å². The molecule has 0 fully saturated rings. The summed E-state index contributed by atoms with van der Waals surface area (Å²) < 4.78 is 4.77. The van der Waals surface area contributed by atoms with Gasteiger partial charge in [0, 0.05) is 0 Å². The molecule has 6 heteroatoms. The molecule has 0 spiro atoms. The highest BCUT2D eigenvalue weighted by Gasteiger charge is 2.18. The molecule has 0 aromatic carbocycles. The first-order valence-electron chi connectivity index (χ1n) is 2.89. The minimum atomic E-state index is -0.991. The van der Waals surface area contributed by atoms with Gasteiger partial charge in [-0.15, -0.1) is 5.10 Å². The minimum Gasteiger partial charge on any atom is -0.481 e. The lowest BCUT2D eigenvalue weighted by molar-refractivity contribution is -0.138. The Morgan fingerprint density at radius 1 is 1.91 bits per heavy atom. The van der Waals surface area contributed by atoms with Crippen LogP contribution in [0.5, 0.6) is 0 Å². The minimum absolute atomic E-state index is 0.0908. The average molecular weight is 174 g/mol. The van der Waals surface area contributed by atoms with Crippen molar-refractivity contribution in [1.29, 1.82) is 0 Å². The summed E-state index contributed by atoms with van der Waals surface area (Å²) in [4.78, 5) is 10.5. The van der Waals surface area contributed by atoms with Gasteiger partial charge in [-0.25, -0.2) is 5.10 Å². The Balaban J connectivity index is 2.93. The molecule has 11 heavy (non-hydrogen) atoms. The van der Waals surface area contributed by atoms with Crippen LogP contribution in [0.1, 0.15) is 18.7 Å². The topological polar surface area (TPSA) is 79.1 Å². The highest BCUT2D eigenvalue weighted by Crippen LogP contribution is 2.11. The first-order chi connectivity index (χ1) is 5.11. The van der Waals surface area contributed by atoms with Gasteiger partial charge >= 0.3 is 5.97 Å². The molecule has 0 aliphatic rings. The van der Waals surface area contributed by atoms with E-state index in [1.54, 1.807) is 0 Å². The Labute approximate surface area is 67.0 Å². The Morgan fingerprint density at radius 2 is 2.55 bits per heavy atom. The van der Waals surface area contributed by atoms with Gasteiger partial charge in [-0.05, 0) is 19.1 Å². The van der Waals surface area contributed by atoms with Crippen molar-refractivity contribution in [3.8, 4) is 0 Å². The largest absolute Gasteiger partial charge is 0.481 e. The number of hydrogen-bond donors (Lipinski definition) is 2. The van der Waals surface area contributed by atoms with Crippen LogP contribution >= 0.6 is 12.2 Å². The summed E-state index contributed by atoms with van der Waals surface area (Å²) in [7, 11) is 0. The predicted molar refractivity (Wildman–Crippen MR) is 37.7 cm³/mol. The summed E-state index contributed by atoms with van der Waals surface area (Å²) in [5, 5.41) is 14.4. The van der Waals surface area contributed by atoms with E-state index in [9.17, 15) is 4.79 Å². The maximum Gasteiger partial charge on any atom is 0.315 e. The van der Waals surface area contributed by atoms with Crippen LogP contribution < -0.4 is 0 Å². The quantitative estimate of drug-likeness (QED) is 0.652. The molecule has 1 heterocycles. The molecule has 0 bridgehead atoms. The van der Waals surface area contributed by atoms with Crippen LogP contribution in [0.15, 0.2) is 4.42 Å². The van der Waals surface area contributed by atoms with E-state index in [1.807, 2.05) is 0 Å². The van der Waals surface area contributed by atoms with Crippen LogP contribution in [0.3, 0.4) is 0 Å². The van der Waals surface area contributed by atoms with Crippen LogP contribution in [0.4, 0.5) is 0 Å². The van der Waals surface area contributed by atoms with E-state index in [2.05, 4.69) is 22.4 Å². The van der Waals surface area contributed by atoms with Gasteiger partial charge in [0.15, 0.2) is 0 Å². The van der Waals surface area contributed by atoms with E-state index < -0.39 is 11.9 Å². The van der Waals surface area contributed by atoms with Crippen LogP contribution in [-0.4, -0.2) is 21.3 Å². The van der Waals surface area contributed by atoms with Gasteiger partial charge in [0.1, 0.15) is 5.92 Å². The number of hydrogen-bond acceptors (Lipinski definition) is 4. The maximum absolute atomic E-state index is 10.4. The summed E-state index contributed by atoms with van der Waals surface area (Å²) in [6.45, 7) is 1.47. The normalized spacial score (nSPS) is 12.8. The van der Waals surface area contributed by atoms with Crippen LogP contribution in [0, 0.1) is 4.84 Å². The smallest absolute Gasteiger partial charge is 0.315 e. The van der Waals surface area contributed by atoms with Crippen molar-refractivity contribution in [2.24, 2.45) is 0 Å². The van der Waals surface area contributed by atoms with Gasteiger partial charge in [0.25, 0.3) is 4.84 Å². The van der Waals surface area contributed by atoms with E-state index in [0.29, 0.717) is 0 Å². The predicted octanol–water partition coefficient (Wildman–Crippen LogP) is 0.920. The van der Waals surface area contributed by atoms with Gasteiger partial charge in [-0.2, -0.15) is 0 Å². The summed E-state index contributed by atoms with van der Waals surface area (Å²) in [6, 6.07) is 0. The van der Waals surface area contributed by atoms with Gasteiger partial charge in [0.05, 0.1) is 0 Å². The van der Waals surface area contributed by atoms with E-state index in [4.69, 9.17) is 9.52 Å². The lowest BCUT2D eigenvalue weighted by atomic mass is 10.2. The number of carbonyl (C=O) groups is 1. The number of nitrogens with one attached hydrogen (secondary N) is 1. The fourth-order valence-corrected chi connectivity index (χ4v) is 0.663. The molecule has 0 saturated heterocycles. The number of aromatic nitrogens is 2. The van der Waals surface area contributed by atoms with Crippen molar-refractivity contribution in [1.82, 2.24) is 10.2 Å². The highest BCUT2D eigenvalue weighted by atomic mass is 32.1. The Kier molecular flexibility index (Phi) is 2.04. The molecular formula is C5H6N2O3S. The highest BCUT2D eigenvalue weighted by molar-refractivity contribution is 7.71. The second kappa shape index (κ2) is 2.83. The van der Waals surface area contributed by atoms with Gasteiger partial charge < -0.3 is 9.52 Å². The third-order valence-corrected chi connectivity index (χ3v) is 1.37. The van der Waals surface area contributed by atoms with Crippen molar-refractivity contribution >= 4 is 18.2 Å². The van der Waals surface area contributed by atoms with Crippen molar-refractivity contribution < 1.29 is 14.3 Å². The Hall–Kier alpha value is -1.17. The Bertz CT molecular complexity index is 316. The number of rotatable bonds is 2. The molecule has 1 unspecified atom stereocenters. The molecule has 1 atom stereocenters. The summed E-state index contributed by atoms with van der Waals surface area (Å²) >= 11 is 4.56. The molecule has 0 radical (unpaired) electrons. The zero-order valence-electron chi connectivity index (χ0n) is 5.70. The first kappa shape index (κ1) is 7.93. The second-order valence-electron chi connectivity index (χ2n) is 2.01. The van der Waals surface area contributed by atoms with Crippen LogP contribution in [0.25, 0.3) is 0 Å². The zero-order chi connectivity index (χ0) is 8.43. The maximum atomic E-state index is 10.4. The number of aromatic amines is 1. The molecule has 0 amide bonds. The SMILES string of the molecule is CC(C(=O)O)c1n[nH]c(=S)o1. The molecule has 5 nitrogen and oxygen atoms in total. The van der Waals surface area contributed by atoms with Crippen LogP contribution in [-0.2, 0) is 4.79 Å². The molecular weight excluding hydrogens is 168 g/mol. The van der Waals surface area contributed by atoms with E-state index >= 15 is 0 Å². The lowest BCUT2D eigenvalue weighted by Crippen LogP contribution is -2.07. The molecule has 0 saturated carbocycles. The molecule has 2 N–H and O–H groups in total. The summed E-state index contributed by atoms with van der Waals surface area (Å²) in [6.07, 6.45) is 0. The van der Waals surface area contributed by atoms with Crippen molar-refractivity contribution in [2.75, 3.05) is 0 Å². The van der Waals surface area contributed by atoms with E-state index in [-0.39, 0.29) is 10.7 Å². The van der Waals surface area contributed by atoms with Gasteiger partial charge in [0.2, 0.25) is 5.89 Å². The van der Waals surface area contributed by atoms with Gasteiger partial charge in [-0.3, -0.25) is 4.79 Å². The fraction of sp³-hybridized carbons (Fsp3) is 0.400. The standard InChI is InChI=1S/C5H6N2O3S/c1-2(4(8)9)3-6-7-5(11)10-3/h2H,1H3,(H,7,11)(H,8,9). The number of carboxylic acid groups (broad SMARTS) is 1. The molecule has 0 aliphatic heterocycles. The molecule has 1 aromatic heterocycles. The number of H-pyrrole nitrogens is 1. The average Bonchev–Trinajstić information content (AvgIpc) is 2.34. The Morgan fingerprint density at radius 3 is 2.91 bits per heavy atom. The van der Waals surface area contributed by atoms with Gasteiger partial charge in [-0.1, -0.05) is 0 Å². The number of nitrogens with zero attached hydrogens (tertiary/aromatic N) is 1. The molecule has 0 aliphatic carbocycles. The monoisotopic (exact) mass is 174 g/mol. The molecule has 1 aromatic rings. The zero-order valence-corrected chi connectivity index (χ0v) is 6.51. The summed E-state index contributed by atoms with van der Waals surface area (Å²) in [5.41, 5.74) is 0. The number of aliphatic carboxylic acids is 1. The second-order valence-corrected chi connectivity index (χ2v) is 2.38. The van der Waals surface area contributed by atoms with Crippen LogP contribution in [0.2, 0.25) is 0 Å². The fourth-order valence-electron chi connectivity index (χ4n) is 0.532. The third-order valence-electron chi connectivity index (χ3n) is 1.20.